The number of carbonyl (C=O) groups is 1. The summed E-state index contributed by atoms with van der Waals surface area (Å²) < 4.78 is 0. The monoisotopic (exact) mass is 298 g/mol. The Morgan fingerprint density at radius 3 is 2.50 bits per heavy atom. The van der Waals surface area contributed by atoms with Gasteiger partial charge >= 0.3 is 0 Å². The summed E-state index contributed by atoms with van der Waals surface area (Å²) in [5.41, 5.74) is 3.76. The summed E-state index contributed by atoms with van der Waals surface area (Å²) in [6, 6.07) is 10.3. The van der Waals surface area contributed by atoms with E-state index in [1.807, 2.05) is 32.0 Å². The molecule has 2 aromatic rings. The average molecular weight is 298 g/mol. The lowest BCUT2D eigenvalue weighted by atomic mass is 10.0. The van der Waals surface area contributed by atoms with Crippen molar-refractivity contribution in [2.45, 2.75) is 27.2 Å². The molecular formula is C17H18N2O3. The van der Waals surface area contributed by atoms with Gasteiger partial charge < -0.3 is 5.32 Å². The highest BCUT2D eigenvalue weighted by atomic mass is 16.6. The van der Waals surface area contributed by atoms with E-state index in [-0.39, 0.29) is 11.6 Å². The fourth-order valence-electron chi connectivity index (χ4n) is 2.39. The quantitative estimate of drug-likeness (QED) is 0.684. The predicted octanol–water partition coefficient (Wildman–Crippen LogP) is 4.03. The molecule has 5 heteroatoms. The molecule has 0 aliphatic rings. The molecule has 2 aromatic carbocycles. The fraction of sp³-hybridized carbons (Fsp3) is 0.235. The second-order valence-corrected chi connectivity index (χ2v) is 5.18. The molecule has 0 aromatic heterocycles. The number of nitrogens with zero attached hydrogens (tertiary/aromatic N) is 1. The molecule has 0 saturated carbocycles. The first kappa shape index (κ1) is 15.7. The highest BCUT2D eigenvalue weighted by molar-refractivity contribution is 6.05. The van der Waals surface area contributed by atoms with E-state index in [0.29, 0.717) is 11.1 Å². The summed E-state index contributed by atoms with van der Waals surface area (Å²) >= 11 is 0. The van der Waals surface area contributed by atoms with Gasteiger partial charge in [-0.3, -0.25) is 14.9 Å². The van der Waals surface area contributed by atoms with Crippen molar-refractivity contribution in [2.24, 2.45) is 0 Å². The molecule has 0 bridgehead atoms. The summed E-state index contributed by atoms with van der Waals surface area (Å²) in [5.74, 6) is -0.262. The van der Waals surface area contributed by atoms with Gasteiger partial charge in [-0.15, -0.1) is 0 Å². The van der Waals surface area contributed by atoms with Gasteiger partial charge in [-0.25, -0.2) is 0 Å². The number of nitro groups is 1. The van der Waals surface area contributed by atoms with Gasteiger partial charge in [0.05, 0.1) is 4.92 Å². The van der Waals surface area contributed by atoms with Gasteiger partial charge in [0, 0.05) is 22.9 Å². The summed E-state index contributed by atoms with van der Waals surface area (Å²) in [6.45, 7) is 5.59. The van der Waals surface area contributed by atoms with E-state index in [0.717, 1.165) is 23.2 Å². The van der Waals surface area contributed by atoms with Crippen molar-refractivity contribution < 1.29 is 9.72 Å². The molecular weight excluding hydrogens is 280 g/mol. The minimum Gasteiger partial charge on any atom is -0.321 e. The van der Waals surface area contributed by atoms with Crippen LogP contribution in [0.15, 0.2) is 36.4 Å². The van der Waals surface area contributed by atoms with E-state index >= 15 is 0 Å². The van der Waals surface area contributed by atoms with Crippen molar-refractivity contribution in [1.29, 1.82) is 0 Å². The number of hydrogen-bond donors (Lipinski definition) is 1. The lowest BCUT2D eigenvalue weighted by molar-refractivity contribution is -0.385. The Balaban J connectivity index is 2.31. The maximum absolute atomic E-state index is 12.4. The predicted molar refractivity (Wildman–Crippen MR) is 86.3 cm³/mol. The second-order valence-electron chi connectivity index (χ2n) is 5.18. The van der Waals surface area contributed by atoms with Crippen LogP contribution in [0.2, 0.25) is 0 Å². The number of rotatable bonds is 4. The number of aryl methyl sites for hydroxylation is 3. The Morgan fingerprint density at radius 2 is 1.91 bits per heavy atom. The molecule has 0 saturated heterocycles. The molecule has 0 fully saturated rings. The topological polar surface area (TPSA) is 72.2 Å². The van der Waals surface area contributed by atoms with Crippen LogP contribution in [-0.2, 0) is 6.42 Å². The zero-order chi connectivity index (χ0) is 16.3. The standard InChI is InChI=1S/C17H18N2O3/c1-4-13-7-5-6-11(2)16(13)18-17(20)14-8-9-15(19(21)22)12(3)10-14/h5-10H,4H2,1-3H3,(H,18,20). The third-order valence-electron chi connectivity index (χ3n) is 3.63. The van der Waals surface area contributed by atoms with Crippen LogP contribution in [0.4, 0.5) is 11.4 Å². The number of anilines is 1. The number of carbonyl (C=O) groups excluding carboxylic acids is 1. The number of nitrogens with one attached hydrogen (secondary N) is 1. The van der Waals surface area contributed by atoms with Crippen LogP contribution in [0.5, 0.6) is 0 Å². The number of para-hydroxylation sites is 1. The SMILES string of the molecule is CCc1cccc(C)c1NC(=O)c1ccc([N+](=O)[O-])c(C)c1. The Labute approximate surface area is 129 Å². The molecule has 114 valence electrons. The fourth-order valence-corrected chi connectivity index (χ4v) is 2.39. The van der Waals surface area contributed by atoms with Gasteiger partial charge in [0.15, 0.2) is 0 Å². The second kappa shape index (κ2) is 6.39. The number of nitro benzene ring substituents is 1. The summed E-state index contributed by atoms with van der Waals surface area (Å²) in [7, 11) is 0. The molecule has 0 atom stereocenters. The zero-order valence-electron chi connectivity index (χ0n) is 12.8. The van der Waals surface area contributed by atoms with Gasteiger partial charge in [0.25, 0.3) is 11.6 Å². The number of hydrogen-bond acceptors (Lipinski definition) is 3. The van der Waals surface area contributed by atoms with Crippen LogP contribution in [0.3, 0.4) is 0 Å². The summed E-state index contributed by atoms with van der Waals surface area (Å²) in [4.78, 5) is 22.8. The van der Waals surface area contributed by atoms with Crippen LogP contribution >= 0.6 is 0 Å². The van der Waals surface area contributed by atoms with Gasteiger partial charge in [0.2, 0.25) is 0 Å². The van der Waals surface area contributed by atoms with E-state index in [9.17, 15) is 14.9 Å². The first-order valence-electron chi connectivity index (χ1n) is 7.09. The van der Waals surface area contributed by atoms with E-state index in [1.54, 1.807) is 6.92 Å². The van der Waals surface area contributed by atoms with Crippen molar-refractivity contribution in [2.75, 3.05) is 5.32 Å². The van der Waals surface area contributed by atoms with Crippen molar-refractivity contribution in [3.63, 3.8) is 0 Å². The molecule has 0 radical (unpaired) electrons. The molecule has 0 aliphatic heterocycles. The normalized spacial score (nSPS) is 10.3. The number of benzene rings is 2. The number of amides is 1. The minimum absolute atomic E-state index is 0.0155. The van der Waals surface area contributed by atoms with Crippen LogP contribution in [0.25, 0.3) is 0 Å². The van der Waals surface area contributed by atoms with Crippen LogP contribution < -0.4 is 5.32 Å². The largest absolute Gasteiger partial charge is 0.321 e. The van der Waals surface area contributed by atoms with E-state index < -0.39 is 4.92 Å². The molecule has 0 spiro atoms. The van der Waals surface area contributed by atoms with E-state index in [2.05, 4.69) is 5.32 Å². The molecule has 2 rings (SSSR count). The Hall–Kier alpha value is -2.69. The summed E-state index contributed by atoms with van der Waals surface area (Å²) in [6.07, 6.45) is 0.816. The third kappa shape index (κ3) is 3.14. The Kier molecular flexibility index (Phi) is 4.56. The van der Waals surface area contributed by atoms with Crippen molar-refractivity contribution >= 4 is 17.3 Å². The van der Waals surface area contributed by atoms with Gasteiger partial charge in [-0.05, 0) is 43.5 Å². The zero-order valence-corrected chi connectivity index (χ0v) is 12.8. The van der Waals surface area contributed by atoms with Crippen LogP contribution in [-0.4, -0.2) is 10.8 Å². The van der Waals surface area contributed by atoms with Crippen molar-refractivity contribution in [3.05, 3.63) is 68.8 Å². The first-order chi connectivity index (χ1) is 10.4. The molecule has 22 heavy (non-hydrogen) atoms. The molecule has 0 aliphatic carbocycles. The minimum atomic E-state index is -0.451. The molecule has 5 nitrogen and oxygen atoms in total. The lowest BCUT2D eigenvalue weighted by Crippen LogP contribution is -2.14. The summed E-state index contributed by atoms with van der Waals surface area (Å²) in [5, 5.41) is 13.7. The third-order valence-corrected chi connectivity index (χ3v) is 3.63. The highest BCUT2D eigenvalue weighted by Crippen LogP contribution is 2.23. The first-order valence-corrected chi connectivity index (χ1v) is 7.09. The smallest absolute Gasteiger partial charge is 0.272 e. The van der Waals surface area contributed by atoms with Gasteiger partial charge in [-0.2, -0.15) is 0 Å². The molecule has 0 unspecified atom stereocenters. The van der Waals surface area contributed by atoms with Gasteiger partial charge in [-0.1, -0.05) is 25.1 Å². The van der Waals surface area contributed by atoms with Crippen molar-refractivity contribution in [1.82, 2.24) is 0 Å². The molecule has 1 N–H and O–H groups in total. The maximum atomic E-state index is 12.4. The van der Waals surface area contributed by atoms with E-state index in [1.165, 1.54) is 18.2 Å². The molecule has 1 amide bonds. The Bertz CT molecular complexity index is 739. The average Bonchev–Trinajstić information content (AvgIpc) is 2.48. The lowest BCUT2D eigenvalue weighted by Gasteiger charge is -2.13. The van der Waals surface area contributed by atoms with Gasteiger partial charge in [0.1, 0.15) is 0 Å². The van der Waals surface area contributed by atoms with Crippen molar-refractivity contribution in [3.8, 4) is 0 Å². The van der Waals surface area contributed by atoms with Crippen LogP contribution in [0, 0.1) is 24.0 Å². The highest BCUT2D eigenvalue weighted by Gasteiger charge is 2.15. The molecule has 0 heterocycles. The maximum Gasteiger partial charge on any atom is 0.272 e. The Morgan fingerprint density at radius 1 is 1.18 bits per heavy atom. The van der Waals surface area contributed by atoms with E-state index in [4.69, 9.17) is 0 Å². The van der Waals surface area contributed by atoms with Crippen LogP contribution in [0.1, 0.15) is 34.0 Å².